The van der Waals surface area contributed by atoms with Gasteiger partial charge in [0, 0.05) is 11.6 Å². The van der Waals surface area contributed by atoms with E-state index in [1.54, 1.807) is 24.3 Å². The third-order valence-electron chi connectivity index (χ3n) is 4.37. The van der Waals surface area contributed by atoms with E-state index in [4.69, 9.17) is 9.52 Å². The number of rotatable bonds is 4. The molecular formula is C18H18FNO4. The summed E-state index contributed by atoms with van der Waals surface area (Å²) in [5.74, 6) is -1.05. The van der Waals surface area contributed by atoms with Crippen LogP contribution in [0.25, 0.3) is 11.3 Å². The minimum absolute atomic E-state index is 0.0347. The van der Waals surface area contributed by atoms with Gasteiger partial charge in [0.1, 0.15) is 11.6 Å². The maximum atomic E-state index is 12.9. The monoisotopic (exact) mass is 331 g/mol. The summed E-state index contributed by atoms with van der Waals surface area (Å²) in [5.41, 5.74) is 0.692. The van der Waals surface area contributed by atoms with Crippen LogP contribution in [0.2, 0.25) is 0 Å². The summed E-state index contributed by atoms with van der Waals surface area (Å²) >= 11 is 0. The smallest absolute Gasteiger partial charge is 0.306 e. The van der Waals surface area contributed by atoms with Crippen molar-refractivity contribution in [3.05, 3.63) is 48.0 Å². The van der Waals surface area contributed by atoms with Crippen LogP contribution < -0.4 is 5.32 Å². The molecule has 24 heavy (non-hydrogen) atoms. The highest BCUT2D eigenvalue weighted by Crippen LogP contribution is 2.26. The fraction of sp³-hybridized carbons (Fsp3) is 0.333. The number of hydrogen-bond donors (Lipinski definition) is 2. The van der Waals surface area contributed by atoms with Crippen LogP contribution in [0.4, 0.5) is 4.39 Å². The van der Waals surface area contributed by atoms with Crippen molar-refractivity contribution in [3.63, 3.8) is 0 Å². The molecule has 1 aliphatic rings. The molecule has 1 aliphatic carbocycles. The number of carbonyl (C=O) groups excluding carboxylic acids is 1. The highest BCUT2D eigenvalue weighted by Gasteiger charge is 2.27. The topological polar surface area (TPSA) is 79.5 Å². The fourth-order valence-electron chi connectivity index (χ4n) is 2.97. The molecule has 0 spiro atoms. The second-order valence-electron chi connectivity index (χ2n) is 6.03. The largest absolute Gasteiger partial charge is 0.481 e. The van der Waals surface area contributed by atoms with E-state index in [0.29, 0.717) is 37.0 Å². The summed E-state index contributed by atoms with van der Waals surface area (Å²) < 4.78 is 18.5. The number of carboxylic acid groups (broad SMARTS) is 1. The Morgan fingerprint density at radius 2 is 1.71 bits per heavy atom. The third-order valence-corrected chi connectivity index (χ3v) is 4.37. The average Bonchev–Trinajstić information content (AvgIpc) is 3.06. The standard InChI is InChI=1S/C18H18FNO4/c19-13-5-1-11(2-6-13)15-9-10-16(24-15)17(21)20-14-7-3-12(4-8-14)18(22)23/h1-2,5-6,9-10,12,14H,3-4,7-8H2,(H,20,21)(H,22,23). The maximum absolute atomic E-state index is 12.9. The van der Waals surface area contributed by atoms with Crippen LogP contribution in [0.5, 0.6) is 0 Å². The fourth-order valence-corrected chi connectivity index (χ4v) is 2.97. The van der Waals surface area contributed by atoms with Gasteiger partial charge in [0.05, 0.1) is 5.92 Å². The molecule has 5 nitrogen and oxygen atoms in total. The van der Waals surface area contributed by atoms with Crippen LogP contribution in [-0.2, 0) is 4.79 Å². The molecule has 3 rings (SSSR count). The zero-order valence-electron chi connectivity index (χ0n) is 13.0. The van der Waals surface area contributed by atoms with Gasteiger partial charge in [-0.25, -0.2) is 4.39 Å². The number of halogens is 1. The molecule has 1 aromatic carbocycles. The van der Waals surface area contributed by atoms with Crippen molar-refractivity contribution in [2.45, 2.75) is 31.7 Å². The number of amides is 1. The molecule has 0 atom stereocenters. The van der Waals surface area contributed by atoms with Gasteiger partial charge in [0.2, 0.25) is 0 Å². The van der Waals surface area contributed by atoms with Gasteiger partial charge >= 0.3 is 5.97 Å². The van der Waals surface area contributed by atoms with Crippen molar-refractivity contribution >= 4 is 11.9 Å². The van der Waals surface area contributed by atoms with E-state index in [-0.39, 0.29) is 29.4 Å². The van der Waals surface area contributed by atoms with E-state index in [0.717, 1.165) is 0 Å². The molecule has 0 bridgehead atoms. The van der Waals surface area contributed by atoms with Crippen molar-refractivity contribution in [2.75, 3.05) is 0 Å². The summed E-state index contributed by atoms with van der Waals surface area (Å²) in [7, 11) is 0. The van der Waals surface area contributed by atoms with Crippen molar-refractivity contribution in [1.29, 1.82) is 0 Å². The Kier molecular flexibility index (Phi) is 4.64. The van der Waals surface area contributed by atoms with Crippen LogP contribution in [0, 0.1) is 11.7 Å². The lowest BCUT2D eigenvalue weighted by atomic mass is 9.86. The van der Waals surface area contributed by atoms with Gasteiger partial charge in [-0.1, -0.05) is 0 Å². The minimum atomic E-state index is -0.769. The molecular weight excluding hydrogens is 313 g/mol. The third kappa shape index (κ3) is 3.64. The molecule has 1 saturated carbocycles. The van der Waals surface area contributed by atoms with Crippen molar-refractivity contribution in [3.8, 4) is 11.3 Å². The summed E-state index contributed by atoms with van der Waals surface area (Å²) in [6, 6.07) is 9.05. The second-order valence-corrected chi connectivity index (χ2v) is 6.03. The Labute approximate surface area is 138 Å². The van der Waals surface area contributed by atoms with E-state index >= 15 is 0 Å². The van der Waals surface area contributed by atoms with Crippen molar-refractivity contribution < 1.29 is 23.5 Å². The Hall–Kier alpha value is -2.63. The van der Waals surface area contributed by atoms with Crippen LogP contribution in [0.15, 0.2) is 40.8 Å². The molecule has 2 aromatic rings. The van der Waals surface area contributed by atoms with E-state index in [2.05, 4.69) is 5.32 Å². The van der Waals surface area contributed by atoms with Crippen LogP contribution in [0.1, 0.15) is 36.2 Å². The normalized spacial score (nSPS) is 20.5. The number of carbonyl (C=O) groups is 2. The molecule has 0 aliphatic heterocycles. The molecule has 126 valence electrons. The van der Waals surface area contributed by atoms with E-state index in [1.165, 1.54) is 12.1 Å². The highest BCUT2D eigenvalue weighted by atomic mass is 19.1. The zero-order chi connectivity index (χ0) is 17.1. The Morgan fingerprint density at radius 1 is 1.04 bits per heavy atom. The van der Waals surface area contributed by atoms with Crippen molar-refractivity contribution in [1.82, 2.24) is 5.32 Å². The number of aliphatic carboxylic acids is 1. The first-order valence-corrected chi connectivity index (χ1v) is 7.92. The van der Waals surface area contributed by atoms with Gasteiger partial charge in [-0.3, -0.25) is 9.59 Å². The predicted octanol–water partition coefficient (Wildman–Crippen LogP) is 3.46. The van der Waals surface area contributed by atoms with Crippen molar-refractivity contribution in [2.24, 2.45) is 5.92 Å². The molecule has 0 unspecified atom stereocenters. The highest BCUT2D eigenvalue weighted by molar-refractivity contribution is 5.92. The zero-order valence-corrected chi connectivity index (χ0v) is 13.0. The number of furan rings is 1. The summed E-state index contributed by atoms with van der Waals surface area (Å²) in [6.45, 7) is 0. The summed E-state index contributed by atoms with van der Waals surface area (Å²) in [6.07, 6.45) is 2.43. The first-order valence-electron chi connectivity index (χ1n) is 7.92. The number of carboxylic acids is 1. The Bertz CT molecular complexity index is 730. The molecule has 1 fully saturated rings. The van der Waals surface area contributed by atoms with E-state index in [9.17, 15) is 14.0 Å². The van der Waals surface area contributed by atoms with Gasteiger partial charge < -0.3 is 14.8 Å². The number of benzene rings is 1. The lowest BCUT2D eigenvalue weighted by Gasteiger charge is -2.26. The second kappa shape index (κ2) is 6.86. The molecule has 1 aromatic heterocycles. The quantitative estimate of drug-likeness (QED) is 0.899. The van der Waals surface area contributed by atoms with Gasteiger partial charge in [-0.15, -0.1) is 0 Å². The first-order chi connectivity index (χ1) is 11.5. The van der Waals surface area contributed by atoms with Crippen LogP contribution in [0.3, 0.4) is 0 Å². The Balaban J connectivity index is 1.60. The molecule has 2 N–H and O–H groups in total. The van der Waals surface area contributed by atoms with Gasteiger partial charge in [0.15, 0.2) is 5.76 Å². The van der Waals surface area contributed by atoms with E-state index in [1.807, 2.05) is 0 Å². The number of nitrogens with one attached hydrogen (secondary N) is 1. The molecule has 1 amide bonds. The molecule has 6 heteroatoms. The average molecular weight is 331 g/mol. The number of hydrogen-bond acceptors (Lipinski definition) is 3. The Morgan fingerprint density at radius 3 is 2.33 bits per heavy atom. The van der Waals surface area contributed by atoms with Gasteiger partial charge in [-0.05, 0) is 62.1 Å². The lowest BCUT2D eigenvalue weighted by molar-refractivity contribution is -0.142. The van der Waals surface area contributed by atoms with Crippen LogP contribution in [-0.4, -0.2) is 23.0 Å². The summed E-state index contributed by atoms with van der Waals surface area (Å²) in [4.78, 5) is 23.2. The minimum Gasteiger partial charge on any atom is -0.481 e. The maximum Gasteiger partial charge on any atom is 0.306 e. The SMILES string of the molecule is O=C(NC1CCC(C(=O)O)CC1)c1ccc(-c2ccc(F)cc2)o1. The predicted molar refractivity (Wildman–Crippen MR) is 85.0 cm³/mol. The summed E-state index contributed by atoms with van der Waals surface area (Å²) in [5, 5.41) is 11.9. The lowest BCUT2D eigenvalue weighted by Crippen LogP contribution is -2.38. The van der Waals surface area contributed by atoms with Gasteiger partial charge in [-0.2, -0.15) is 0 Å². The van der Waals surface area contributed by atoms with Gasteiger partial charge in [0.25, 0.3) is 5.91 Å². The first kappa shape index (κ1) is 16.2. The molecule has 0 radical (unpaired) electrons. The molecule has 0 saturated heterocycles. The van der Waals surface area contributed by atoms with E-state index < -0.39 is 5.97 Å². The molecule has 1 heterocycles. The van der Waals surface area contributed by atoms with Crippen LogP contribution >= 0.6 is 0 Å².